The van der Waals surface area contributed by atoms with E-state index in [0.29, 0.717) is 18.2 Å². The molecule has 1 aromatic rings. The zero-order valence-electron chi connectivity index (χ0n) is 13.1. The lowest BCUT2D eigenvalue weighted by Crippen LogP contribution is -2.33. The van der Waals surface area contributed by atoms with E-state index in [9.17, 15) is 9.90 Å². The molecule has 0 aromatic heterocycles. The first-order chi connectivity index (χ1) is 9.85. The summed E-state index contributed by atoms with van der Waals surface area (Å²) < 4.78 is 5.23. The molecule has 0 heterocycles. The van der Waals surface area contributed by atoms with E-state index in [1.54, 1.807) is 6.07 Å². The highest BCUT2D eigenvalue weighted by Gasteiger charge is 2.21. The van der Waals surface area contributed by atoms with E-state index in [0.717, 1.165) is 25.7 Å². The molecule has 1 aliphatic rings. The number of amides is 1. The second-order valence-electron chi connectivity index (χ2n) is 6.69. The van der Waals surface area contributed by atoms with Gasteiger partial charge in [0, 0.05) is 6.54 Å². The molecule has 0 aliphatic heterocycles. The SMILES string of the molecule is CC(C)(C)OC(=O)NCCC1CCCc2cc(O)ccc21. The number of hydrogen-bond acceptors (Lipinski definition) is 3. The number of ether oxygens (including phenoxy) is 1. The molecule has 1 amide bonds. The Labute approximate surface area is 126 Å². The van der Waals surface area contributed by atoms with Gasteiger partial charge in [0.1, 0.15) is 11.4 Å². The van der Waals surface area contributed by atoms with E-state index in [4.69, 9.17) is 4.74 Å². The van der Waals surface area contributed by atoms with Gasteiger partial charge >= 0.3 is 6.09 Å². The molecule has 0 saturated heterocycles. The number of rotatable bonds is 3. The molecule has 0 fully saturated rings. The molecule has 0 saturated carbocycles. The lowest BCUT2D eigenvalue weighted by Gasteiger charge is -2.26. The minimum Gasteiger partial charge on any atom is -0.508 e. The number of alkyl carbamates (subject to hydrolysis) is 1. The first-order valence-electron chi connectivity index (χ1n) is 7.64. The van der Waals surface area contributed by atoms with Crippen LogP contribution in [0, 0.1) is 0 Å². The van der Waals surface area contributed by atoms with Gasteiger partial charge in [0.15, 0.2) is 0 Å². The molecule has 1 aliphatic carbocycles. The Morgan fingerprint density at radius 1 is 1.43 bits per heavy atom. The fourth-order valence-electron chi connectivity index (χ4n) is 2.86. The van der Waals surface area contributed by atoms with Crippen LogP contribution in [0.2, 0.25) is 0 Å². The minimum atomic E-state index is -0.459. The van der Waals surface area contributed by atoms with Crippen molar-refractivity contribution >= 4 is 6.09 Å². The summed E-state index contributed by atoms with van der Waals surface area (Å²) >= 11 is 0. The van der Waals surface area contributed by atoms with E-state index in [1.807, 2.05) is 32.9 Å². The number of hydrogen-bond donors (Lipinski definition) is 2. The summed E-state index contributed by atoms with van der Waals surface area (Å²) in [4.78, 5) is 11.6. The molecule has 4 nitrogen and oxygen atoms in total. The van der Waals surface area contributed by atoms with Gasteiger partial charge in [0.25, 0.3) is 0 Å². The summed E-state index contributed by atoms with van der Waals surface area (Å²) in [6.45, 7) is 6.18. The number of aryl methyl sites for hydroxylation is 1. The van der Waals surface area contributed by atoms with Crippen molar-refractivity contribution in [3.05, 3.63) is 29.3 Å². The van der Waals surface area contributed by atoms with Crippen LogP contribution in [0.3, 0.4) is 0 Å². The fraction of sp³-hybridized carbons (Fsp3) is 0.588. The van der Waals surface area contributed by atoms with E-state index in [1.165, 1.54) is 11.1 Å². The normalized spacial score (nSPS) is 18.0. The summed E-state index contributed by atoms with van der Waals surface area (Å²) in [5.41, 5.74) is 2.09. The number of phenols is 1. The topological polar surface area (TPSA) is 58.6 Å². The van der Waals surface area contributed by atoms with Gasteiger partial charge in [-0.2, -0.15) is 0 Å². The molecule has 1 unspecified atom stereocenters. The molecule has 1 atom stereocenters. The van der Waals surface area contributed by atoms with Crippen molar-refractivity contribution in [1.82, 2.24) is 5.32 Å². The third kappa shape index (κ3) is 4.66. The third-order valence-corrected chi connectivity index (χ3v) is 3.73. The van der Waals surface area contributed by atoms with Gasteiger partial charge in [0.05, 0.1) is 0 Å². The van der Waals surface area contributed by atoms with E-state index < -0.39 is 5.60 Å². The second kappa shape index (κ2) is 6.37. The first kappa shape index (κ1) is 15.7. The molecule has 2 N–H and O–H groups in total. The molecule has 0 radical (unpaired) electrons. The maximum absolute atomic E-state index is 11.6. The average Bonchev–Trinajstić information content (AvgIpc) is 2.36. The van der Waals surface area contributed by atoms with Crippen LogP contribution in [-0.2, 0) is 11.2 Å². The predicted octanol–water partition coefficient (Wildman–Crippen LogP) is 3.73. The fourth-order valence-corrected chi connectivity index (χ4v) is 2.86. The summed E-state index contributed by atoms with van der Waals surface area (Å²) in [5, 5.41) is 12.4. The second-order valence-corrected chi connectivity index (χ2v) is 6.69. The number of aromatic hydroxyl groups is 1. The summed E-state index contributed by atoms with van der Waals surface area (Å²) in [6.07, 6.45) is 3.84. The molecule has 0 spiro atoms. The predicted molar refractivity (Wildman–Crippen MR) is 82.6 cm³/mol. The molecule has 116 valence electrons. The van der Waals surface area contributed by atoms with Gasteiger partial charge in [-0.25, -0.2) is 4.79 Å². The van der Waals surface area contributed by atoms with Crippen LogP contribution in [0.1, 0.15) is 57.1 Å². The monoisotopic (exact) mass is 291 g/mol. The van der Waals surface area contributed by atoms with Gasteiger partial charge in [-0.3, -0.25) is 0 Å². The Kier molecular flexibility index (Phi) is 4.76. The van der Waals surface area contributed by atoms with Crippen molar-refractivity contribution in [3.8, 4) is 5.75 Å². The lowest BCUT2D eigenvalue weighted by atomic mass is 9.81. The van der Waals surface area contributed by atoms with Crippen LogP contribution in [-0.4, -0.2) is 23.3 Å². The molecule has 4 heteroatoms. The average molecular weight is 291 g/mol. The van der Waals surface area contributed by atoms with Crippen LogP contribution < -0.4 is 5.32 Å². The Bertz CT molecular complexity index is 505. The molecular formula is C17H25NO3. The lowest BCUT2D eigenvalue weighted by molar-refractivity contribution is 0.0526. The van der Waals surface area contributed by atoms with Crippen molar-refractivity contribution < 1.29 is 14.6 Å². The molecule has 2 rings (SSSR count). The Hall–Kier alpha value is -1.71. The van der Waals surface area contributed by atoms with Crippen LogP contribution >= 0.6 is 0 Å². The van der Waals surface area contributed by atoms with Crippen molar-refractivity contribution in [1.29, 1.82) is 0 Å². The highest BCUT2D eigenvalue weighted by atomic mass is 16.6. The van der Waals surface area contributed by atoms with Crippen LogP contribution in [0.15, 0.2) is 18.2 Å². The van der Waals surface area contributed by atoms with Crippen molar-refractivity contribution in [2.45, 2.75) is 58.0 Å². The first-order valence-corrected chi connectivity index (χ1v) is 7.64. The highest BCUT2D eigenvalue weighted by molar-refractivity contribution is 5.67. The zero-order chi connectivity index (χ0) is 15.5. The maximum Gasteiger partial charge on any atom is 0.407 e. The number of fused-ring (bicyclic) bond motifs is 1. The minimum absolute atomic E-state index is 0.335. The van der Waals surface area contributed by atoms with Crippen molar-refractivity contribution in [2.75, 3.05) is 6.54 Å². The third-order valence-electron chi connectivity index (χ3n) is 3.73. The standard InChI is InChI=1S/C17H25NO3/c1-17(2,3)21-16(20)18-10-9-12-5-4-6-13-11-14(19)7-8-15(12)13/h7-8,11-12,19H,4-6,9-10H2,1-3H3,(H,18,20). The highest BCUT2D eigenvalue weighted by Crippen LogP contribution is 2.35. The number of carbonyl (C=O) groups is 1. The van der Waals surface area contributed by atoms with Crippen LogP contribution in [0.5, 0.6) is 5.75 Å². The number of phenolic OH excluding ortho intramolecular Hbond substituents is 1. The number of nitrogens with one attached hydrogen (secondary N) is 1. The van der Waals surface area contributed by atoms with Gasteiger partial charge < -0.3 is 15.2 Å². The Morgan fingerprint density at radius 3 is 2.90 bits per heavy atom. The molecule has 21 heavy (non-hydrogen) atoms. The van der Waals surface area contributed by atoms with Crippen molar-refractivity contribution in [3.63, 3.8) is 0 Å². The van der Waals surface area contributed by atoms with Gasteiger partial charge in [-0.15, -0.1) is 0 Å². The van der Waals surface area contributed by atoms with Gasteiger partial charge in [-0.05, 0) is 75.6 Å². The molecular weight excluding hydrogens is 266 g/mol. The van der Waals surface area contributed by atoms with Gasteiger partial charge in [-0.1, -0.05) is 6.07 Å². The zero-order valence-corrected chi connectivity index (χ0v) is 13.1. The number of carbonyl (C=O) groups excluding carboxylic acids is 1. The maximum atomic E-state index is 11.6. The Morgan fingerprint density at radius 2 is 2.19 bits per heavy atom. The molecule has 1 aromatic carbocycles. The largest absolute Gasteiger partial charge is 0.508 e. The number of benzene rings is 1. The van der Waals surface area contributed by atoms with E-state index in [2.05, 4.69) is 5.32 Å². The molecule has 0 bridgehead atoms. The summed E-state index contributed by atoms with van der Waals surface area (Å²) in [6, 6.07) is 5.63. The summed E-state index contributed by atoms with van der Waals surface area (Å²) in [7, 11) is 0. The van der Waals surface area contributed by atoms with Gasteiger partial charge in [0.2, 0.25) is 0 Å². The smallest absolute Gasteiger partial charge is 0.407 e. The van der Waals surface area contributed by atoms with Crippen LogP contribution in [0.25, 0.3) is 0 Å². The van der Waals surface area contributed by atoms with Crippen molar-refractivity contribution in [2.24, 2.45) is 0 Å². The van der Waals surface area contributed by atoms with E-state index >= 15 is 0 Å². The van der Waals surface area contributed by atoms with E-state index in [-0.39, 0.29) is 6.09 Å². The summed E-state index contributed by atoms with van der Waals surface area (Å²) in [5.74, 6) is 0.783. The Balaban J connectivity index is 1.87. The van der Waals surface area contributed by atoms with Crippen LogP contribution in [0.4, 0.5) is 4.79 Å². The quantitative estimate of drug-likeness (QED) is 0.892.